The second kappa shape index (κ2) is 7.61. The van der Waals surface area contributed by atoms with Crippen molar-refractivity contribution in [1.82, 2.24) is 0 Å². The van der Waals surface area contributed by atoms with E-state index in [1.807, 2.05) is 55.5 Å². The summed E-state index contributed by atoms with van der Waals surface area (Å²) >= 11 is 0. The molecule has 28 heavy (non-hydrogen) atoms. The molecule has 0 aliphatic heterocycles. The van der Waals surface area contributed by atoms with Crippen LogP contribution in [0.2, 0.25) is 0 Å². The fourth-order valence-corrected chi connectivity index (χ4v) is 3.38. The lowest BCUT2D eigenvalue weighted by atomic mass is 9.94. The average Bonchev–Trinajstić information content (AvgIpc) is 3.11. The highest BCUT2D eigenvalue weighted by Gasteiger charge is 2.10. The van der Waals surface area contributed by atoms with Crippen LogP contribution in [0.1, 0.15) is 18.2 Å². The molecule has 2 heteroatoms. The third-order valence-corrected chi connectivity index (χ3v) is 4.86. The minimum atomic E-state index is 0.297. The molecule has 0 bridgehead atoms. The van der Waals surface area contributed by atoms with Gasteiger partial charge in [0.1, 0.15) is 17.1 Å². The van der Waals surface area contributed by atoms with E-state index in [2.05, 4.69) is 43.3 Å². The predicted molar refractivity (Wildman–Crippen MR) is 117 cm³/mol. The van der Waals surface area contributed by atoms with Crippen molar-refractivity contribution < 1.29 is 9.52 Å². The van der Waals surface area contributed by atoms with E-state index in [0.29, 0.717) is 5.75 Å². The molecule has 4 aromatic rings. The Labute approximate surface area is 165 Å². The lowest BCUT2D eigenvalue weighted by molar-refractivity contribution is 0.477. The van der Waals surface area contributed by atoms with Gasteiger partial charge in [0.05, 0.1) is 0 Å². The lowest BCUT2D eigenvalue weighted by Gasteiger charge is -2.11. The maximum atomic E-state index is 10.3. The van der Waals surface area contributed by atoms with Gasteiger partial charge in [-0.2, -0.15) is 0 Å². The van der Waals surface area contributed by atoms with Gasteiger partial charge in [0.25, 0.3) is 0 Å². The number of hydrogen-bond acceptors (Lipinski definition) is 2. The summed E-state index contributed by atoms with van der Waals surface area (Å²) in [6, 6.07) is 22.1. The number of para-hydroxylation sites is 1. The molecule has 0 aliphatic rings. The molecule has 2 nitrogen and oxygen atoms in total. The van der Waals surface area contributed by atoms with E-state index >= 15 is 0 Å². The zero-order valence-electron chi connectivity index (χ0n) is 16.0. The first-order valence-electron chi connectivity index (χ1n) is 9.38. The van der Waals surface area contributed by atoms with Crippen LogP contribution in [0.25, 0.3) is 39.3 Å². The topological polar surface area (TPSA) is 33.4 Å². The van der Waals surface area contributed by atoms with Gasteiger partial charge < -0.3 is 9.52 Å². The lowest BCUT2D eigenvalue weighted by Crippen LogP contribution is -1.86. The Morgan fingerprint density at radius 3 is 2.43 bits per heavy atom. The molecule has 0 saturated heterocycles. The minimum Gasteiger partial charge on any atom is -0.507 e. The van der Waals surface area contributed by atoms with Crippen molar-refractivity contribution in [3.8, 4) is 28.0 Å². The third kappa shape index (κ3) is 3.49. The van der Waals surface area contributed by atoms with E-state index in [1.54, 1.807) is 6.07 Å². The Balaban J connectivity index is 1.76. The van der Waals surface area contributed by atoms with Crippen LogP contribution in [-0.4, -0.2) is 5.11 Å². The smallest absolute Gasteiger partial charge is 0.134 e. The number of fused-ring (bicyclic) bond motifs is 1. The van der Waals surface area contributed by atoms with Gasteiger partial charge in [0, 0.05) is 10.9 Å². The molecular formula is C26H22O2. The Morgan fingerprint density at radius 1 is 0.821 bits per heavy atom. The highest BCUT2D eigenvalue weighted by Crippen LogP contribution is 2.35. The molecular weight excluding hydrogens is 344 g/mol. The number of allylic oxidation sites excluding steroid dienone is 3. The van der Waals surface area contributed by atoms with Gasteiger partial charge in [-0.25, -0.2) is 0 Å². The summed E-state index contributed by atoms with van der Waals surface area (Å²) in [6.07, 6.45) is 7.89. The number of aromatic hydroxyl groups is 1. The molecule has 3 aromatic carbocycles. The van der Waals surface area contributed by atoms with E-state index in [9.17, 15) is 5.11 Å². The van der Waals surface area contributed by atoms with Crippen molar-refractivity contribution in [1.29, 1.82) is 0 Å². The highest BCUT2D eigenvalue weighted by molar-refractivity contribution is 5.87. The molecule has 1 heterocycles. The summed E-state index contributed by atoms with van der Waals surface area (Å²) < 4.78 is 5.88. The van der Waals surface area contributed by atoms with Crippen LogP contribution in [-0.2, 0) is 0 Å². The summed E-state index contributed by atoms with van der Waals surface area (Å²) in [7, 11) is 0. The molecule has 1 aromatic heterocycles. The van der Waals surface area contributed by atoms with Gasteiger partial charge in [-0.1, -0.05) is 54.6 Å². The summed E-state index contributed by atoms with van der Waals surface area (Å²) in [6.45, 7) is 4.05. The molecule has 0 saturated carbocycles. The molecule has 0 amide bonds. The molecule has 4 rings (SSSR count). The maximum Gasteiger partial charge on any atom is 0.134 e. The SMILES string of the molecule is C/C=C\C=C/c1cc2cc(-c3ccc(C)c(-c4ccccc4O)c3)ccc2o1. The first kappa shape index (κ1) is 17.9. The van der Waals surface area contributed by atoms with Crippen molar-refractivity contribution in [2.45, 2.75) is 13.8 Å². The van der Waals surface area contributed by atoms with Gasteiger partial charge in [0.15, 0.2) is 0 Å². The summed E-state index contributed by atoms with van der Waals surface area (Å²) in [4.78, 5) is 0. The van der Waals surface area contributed by atoms with Crippen LogP contribution in [0.4, 0.5) is 0 Å². The Kier molecular flexibility index (Phi) is 4.86. The zero-order valence-corrected chi connectivity index (χ0v) is 16.0. The van der Waals surface area contributed by atoms with Crippen molar-refractivity contribution in [2.75, 3.05) is 0 Å². The number of aryl methyl sites for hydroxylation is 1. The van der Waals surface area contributed by atoms with Crippen LogP contribution >= 0.6 is 0 Å². The van der Waals surface area contributed by atoms with Crippen LogP contribution in [0.3, 0.4) is 0 Å². The third-order valence-electron chi connectivity index (χ3n) is 4.86. The molecule has 0 fully saturated rings. The van der Waals surface area contributed by atoms with E-state index < -0.39 is 0 Å². The summed E-state index contributed by atoms with van der Waals surface area (Å²) in [5.41, 5.74) is 6.12. The van der Waals surface area contributed by atoms with Crippen molar-refractivity contribution in [2.24, 2.45) is 0 Å². The Morgan fingerprint density at radius 2 is 1.61 bits per heavy atom. The molecule has 0 aliphatic carbocycles. The van der Waals surface area contributed by atoms with Gasteiger partial charge in [-0.3, -0.25) is 0 Å². The minimum absolute atomic E-state index is 0.297. The second-order valence-electron chi connectivity index (χ2n) is 6.83. The summed E-state index contributed by atoms with van der Waals surface area (Å²) in [5.74, 6) is 1.13. The zero-order chi connectivity index (χ0) is 19.5. The standard InChI is InChI=1S/C26H22O2/c1-3-4-5-8-22-16-21-15-19(13-14-26(21)28-22)20-12-11-18(2)24(17-20)23-9-6-7-10-25(23)27/h3-17,27H,1-2H3/b4-3-,8-5-. The number of phenolic OH excluding ortho intramolecular Hbond substituents is 1. The fraction of sp³-hybridized carbons (Fsp3) is 0.0769. The van der Waals surface area contributed by atoms with E-state index in [0.717, 1.165) is 44.5 Å². The molecule has 1 N–H and O–H groups in total. The van der Waals surface area contributed by atoms with E-state index in [-0.39, 0.29) is 0 Å². The first-order valence-corrected chi connectivity index (χ1v) is 9.38. The first-order chi connectivity index (χ1) is 13.7. The van der Waals surface area contributed by atoms with Gasteiger partial charge in [-0.15, -0.1) is 0 Å². The van der Waals surface area contributed by atoms with E-state index in [4.69, 9.17) is 4.42 Å². The number of rotatable bonds is 4. The number of furan rings is 1. The highest BCUT2D eigenvalue weighted by atomic mass is 16.3. The Hall–Kier alpha value is -3.52. The molecule has 0 atom stereocenters. The molecule has 0 unspecified atom stereocenters. The fourth-order valence-electron chi connectivity index (χ4n) is 3.38. The summed E-state index contributed by atoms with van der Waals surface area (Å²) in [5, 5.41) is 11.3. The van der Waals surface area contributed by atoms with Crippen molar-refractivity contribution in [3.05, 3.63) is 96.3 Å². The monoisotopic (exact) mass is 366 g/mol. The quantitative estimate of drug-likeness (QED) is 0.382. The van der Waals surface area contributed by atoms with Crippen molar-refractivity contribution >= 4 is 17.0 Å². The second-order valence-corrected chi connectivity index (χ2v) is 6.83. The van der Waals surface area contributed by atoms with Crippen LogP contribution in [0.5, 0.6) is 5.75 Å². The molecule has 138 valence electrons. The number of hydrogen-bond donors (Lipinski definition) is 1. The van der Waals surface area contributed by atoms with Gasteiger partial charge in [-0.05, 0) is 72.5 Å². The van der Waals surface area contributed by atoms with Crippen LogP contribution in [0, 0.1) is 6.92 Å². The number of phenols is 1. The number of benzene rings is 3. The average molecular weight is 366 g/mol. The largest absolute Gasteiger partial charge is 0.507 e. The Bertz CT molecular complexity index is 1190. The van der Waals surface area contributed by atoms with Crippen molar-refractivity contribution in [3.63, 3.8) is 0 Å². The normalized spacial score (nSPS) is 11.8. The van der Waals surface area contributed by atoms with Crippen LogP contribution in [0.15, 0.2) is 89.4 Å². The maximum absolute atomic E-state index is 10.3. The van der Waals surface area contributed by atoms with E-state index in [1.165, 1.54) is 0 Å². The predicted octanol–water partition coefficient (Wildman–Crippen LogP) is 7.37. The van der Waals surface area contributed by atoms with Gasteiger partial charge in [0.2, 0.25) is 0 Å². The van der Waals surface area contributed by atoms with Crippen LogP contribution < -0.4 is 0 Å². The van der Waals surface area contributed by atoms with Gasteiger partial charge >= 0.3 is 0 Å². The molecule has 0 radical (unpaired) electrons. The molecule has 0 spiro atoms.